The highest BCUT2D eigenvalue weighted by molar-refractivity contribution is 7.90. The van der Waals surface area contributed by atoms with Gasteiger partial charge in [0.15, 0.2) is 15.9 Å². The maximum absolute atomic E-state index is 13.2. The summed E-state index contributed by atoms with van der Waals surface area (Å²) in [4.78, 5) is 25.7. The quantitative estimate of drug-likeness (QED) is 0.630. The maximum atomic E-state index is 13.2. The van der Waals surface area contributed by atoms with Crippen molar-refractivity contribution in [3.63, 3.8) is 0 Å². The van der Waals surface area contributed by atoms with E-state index in [9.17, 15) is 31.2 Å². The molecule has 11 heteroatoms. The number of ether oxygens (including phenoxy) is 1. The number of carbonyl (C=O) groups is 2. The number of alkyl halides is 3. The molecule has 0 aromatic heterocycles. The van der Waals surface area contributed by atoms with Gasteiger partial charge in [-0.3, -0.25) is 9.59 Å². The fourth-order valence-electron chi connectivity index (χ4n) is 3.97. The predicted octanol–water partition coefficient (Wildman–Crippen LogP) is 2.88. The average molecular weight is 460 g/mol. The van der Waals surface area contributed by atoms with Gasteiger partial charge in [0.1, 0.15) is 11.5 Å². The van der Waals surface area contributed by atoms with Crippen molar-refractivity contribution in [2.24, 2.45) is 11.3 Å². The minimum absolute atomic E-state index is 0.000132. The van der Waals surface area contributed by atoms with Crippen molar-refractivity contribution in [2.75, 3.05) is 19.3 Å². The Balaban J connectivity index is 1.91. The van der Waals surface area contributed by atoms with Crippen LogP contribution in [0.2, 0.25) is 0 Å². The molecule has 1 aromatic carbocycles. The molecule has 1 heterocycles. The number of sulfone groups is 1. The summed E-state index contributed by atoms with van der Waals surface area (Å²) in [5.41, 5.74) is -0.628. The standard InChI is InChI=1S/C20H23F3N2O5S/c1-11(26)6-17(24)19-8-13(19)9-25(10-19)18(27)15-7-14(31(3,28)29)4-5-16(15)30-12(2)20(21,22)23/h4-5,7,12-13,24H,6,8-10H2,1-3H3. The Morgan fingerprint density at radius 1 is 1.35 bits per heavy atom. The number of amides is 1. The van der Waals surface area contributed by atoms with Gasteiger partial charge in [-0.25, -0.2) is 8.42 Å². The summed E-state index contributed by atoms with van der Waals surface area (Å²) in [6, 6.07) is 3.17. The number of hydrogen-bond acceptors (Lipinski definition) is 6. The van der Waals surface area contributed by atoms with Gasteiger partial charge in [0.05, 0.1) is 10.5 Å². The summed E-state index contributed by atoms with van der Waals surface area (Å²) in [5, 5.41) is 8.22. The Morgan fingerprint density at radius 2 is 2.00 bits per heavy atom. The molecule has 2 aliphatic rings. The monoisotopic (exact) mass is 460 g/mol. The summed E-state index contributed by atoms with van der Waals surface area (Å²) < 4.78 is 67.7. The zero-order valence-corrected chi connectivity index (χ0v) is 18.1. The van der Waals surface area contributed by atoms with Crippen molar-refractivity contribution in [1.29, 1.82) is 5.41 Å². The average Bonchev–Trinajstić information content (AvgIpc) is 3.20. The third-order valence-corrected chi connectivity index (χ3v) is 6.94. The lowest BCUT2D eigenvalue weighted by Gasteiger charge is -2.24. The molecule has 1 aliphatic heterocycles. The minimum Gasteiger partial charge on any atom is -0.480 e. The molecular weight excluding hydrogens is 437 g/mol. The number of hydrogen-bond donors (Lipinski definition) is 1. The van der Waals surface area contributed by atoms with Gasteiger partial charge in [-0.1, -0.05) is 0 Å². The molecule has 0 radical (unpaired) electrons. The van der Waals surface area contributed by atoms with E-state index < -0.39 is 33.4 Å². The number of fused-ring (bicyclic) bond motifs is 1. The SMILES string of the molecule is CC(=O)CC(=N)C12CC1CN(C(=O)c1cc(S(C)(=O)=O)ccc1OC(C)C(F)(F)F)C2. The number of piperidine rings is 1. The van der Waals surface area contributed by atoms with E-state index in [1.165, 1.54) is 11.8 Å². The zero-order chi connectivity index (χ0) is 23.4. The van der Waals surface area contributed by atoms with Gasteiger partial charge in [0, 0.05) is 36.9 Å². The second-order valence-corrected chi connectivity index (χ2v) is 10.3. The first kappa shape index (κ1) is 23.2. The van der Waals surface area contributed by atoms with Crippen LogP contribution < -0.4 is 4.74 Å². The van der Waals surface area contributed by atoms with Gasteiger partial charge in [0.2, 0.25) is 0 Å². The van der Waals surface area contributed by atoms with Crippen LogP contribution in [0.4, 0.5) is 13.2 Å². The minimum atomic E-state index is -4.67. The van der Waals surface area contributed by atoms with E-state index >= 15 is 0 Å². The van der Waals surface area contributed by atoms with Crippen molar-refractivity contribution in [1.82, 2.24) is 4.90 Å². The van der Waals surface area contributed by atoms with Gasteiger partial charge < -0.3 is 15.0 Å². The van der Waals surface area contributed by atoms with Crippen molar-refractivity contribution >= 4 is 27.2 Å². The van der Waals surface area contributed by atoms with E-state index in [0.29, 0.717) is 6.42 Å². The molecule has 1 amide bonds. The largest absolute Gasteiger partial charge is 0.480 e. The molecule has 170 valence electrons. The fraction of sp³-hybridized carbons (Fsp3) is 0.550. The molecule has 31 heavy (non-hydrogen) atoms. The molecule has 1 saturated carbocycles. The molecule has 1 N–H and O–H groups in total. The summed E-state index contributed by atoms with van der Waals surface area (Å²) >= 11 is 0. The van der Waals surface area contributed by atoms with Crippen LogP contribution in [0, 0.1) is 16.7 Å². The van der Waals surface area contributed by atoms with Gasteiger partial charge in [-0.05, 0) is 44.4 Å². The summed E-state index contributed by atoms with van der Waals surface area (Å²) in [7, 11) is -3.72. The Bertz CT molecular complexity index is 1050. The fourth-order valence-corrected chi connectivity index (χ4v) is 4.61. The van der Waals surface area contributed by atoms with E-state index in [1.807, 2.05) is 0 Å². The first-order chi connectivity index (χ1) is 14.1. The number of nitrogens with one attached hydrogen (secondary N) is 1. The van der Waals surface area contributed by atoms with Gasteiger partial charge in [0.25, 0.3) is 5.91 Å². The first-order valence-corrected chi connectivity index (χ1v) is 11.5. The molecule has 1 saturated heterocycles. The molecule has 3 atom stereocenters. The van der Waals surface area contributed by atoms with Crippen molar-refractivity contribution in [2.45, 2.75) is 43.9 Å². The van der Waals surface area contributed by atoms with Crippen molar-refractivity contribution in [3.8, 4) is 5.75 Å². The van der Waals surface area contributed by atoms with Gasteiger partial charge in [-0.2, -0.15) is 13.2 Å². The van der Waals surface area contributed by atoms with Crippen LogP contribution in [0.15, 0.2) is 23.1 Å². The van der Waals surface area contributed by atoms with Gasteiger partial charge >= 0.3 is 6.18 Å². The Hall–Kier alpha value is -2.43. The number of ketones is 1. The molecule has 2 fully saturated rings. The molecule has 0 spiro atoms. The van der Waals surface area contributed by atoms with Crippen LogP contribution in [-0.2, 0) is 14.6 Å². The van der Waals surface area contributed by atoms with Crippen LogP contribution in [0.25, 0.3) is 0 Å². The summed E-state index contributed by atoms with van der Waals surface area (Å²) in [5.74, 6) is -1.19. The second kappa shape index (κ2) is 7.61. The number of nitrogens with zero attached hydrogens (tertiary/aromatic N) is 1. The molecule has 1 aromatic rings. The number of benzene rings is 1. The normalized spacial score (nSPS) is 23.8. The number of likely N-dealkylation sites (tertiary alicyclic amines) is 1. The highest BCUT2D eigenvalue weighted by Gasteiger charge is 2.63. The van der Waals surface area contributed by atoms with Crippen LogP contribution >= 0.6 is 0 Å². The summed E-state index contributed by atoms with van der Waals surface area (Å²) in [6.45, 7) is 2.60. The molecule has 3 rings (SSSR count). The summed E-state index contributed by atoms with van der Waals surface area (Å²) in [6.07, 6.45) is -5.29. The lowest BCUT2D eigenvalue weighted by atomic mass is 9.95. The van der Waals surface area contributed by atoms with Gasteiger partial charge in [-0.15, -0.1) is 0 Å². The van der Waals surface area contributed by atoms with E-state index in [1.54, 1.807) is 0 Å². The van der Waals surface area contributed by atoms with E-state index in [2.05, 4.69) is 0 Å². The number of carbonyl (C=O) groups excluding carboxylic acids is 2. The van der Waals surface area contributed by atoms with E-state index in [-0.39, 0.29) is 53.1 Å². The number of rotatable bonds is 7. The number of Topliss-reactive ketones (excluding diaryl/α,β-unsaturated/α-hetero) is 1. The highest BCUT2D eigenvalue weighted by atomic mass is 32.2. The van der Waals surface area contributed by atoms with Crippen molar-refractivity contribution < 1.29 is 35.9 Å². The Morgan fingerprint density at radius 3 is 2.55 bits per heavy atom. The maximum Gasteiger partial charge on any atom is 0.425 e. The van der Waals surface area contributed by atoms with Crippen LogP contribution in [0.3, 0.4) is 0 Å². The third kappa shape index (κ3) is 4.60. The van der Waals surface area contributed by atoms with E-state index in [0.717, 1.165) is 31.4 Å². The van der Waals surface area contributed by atoms with Crippen LogP contribution in [0.5, 0.6) is 5.75 Å². The van der Waals surface area contributed by atoms with Crippen LogP contribution in [-0.4, -0.2) is 62.3 Å². The second-order valence-electron chi connectivity index (χ2n) is 8.33. The Kier molecular flexibility index (Phi) is 5.71. The predicted molar refractivity (Wildman–Crippen MR) is 105 cm³/mol. The van der Waals surface area contributed by atoms with Crippen LogP contribution in [0.1, 0.15) is 37.0 Å². The lowest BCUT2D eigenvalue weighted by molar-refractivity contribution is -0.189. The number of halogens is 3. The molecule has 3 unspecified atom stereocenters. The van der Waals surface area contributed by atoms with E-state index in [4.69, 9.17) is 10.1 Å². The van der Waals surface area contributed by atoms with Crippen molar-refractivity contribution in [3.05, 3.63) is 23.8 Å². The molecule has 7 nitrogen and oxygen atoms in total. The Labute approximate surface area is 178 Å². The molecule has 1 aliphatic carbocycles. The third-order valence-electron chi connectivity index (χ3n) is 5.83. The topological polar surface area (TPSA) is 105 Å². The smallest absolute Gasteiger partial charge is 0.425 e. The molecular formula is C20H23F3N2O5S. The highest BCUT2D eigenvalue weighted by Crippen LogP contribution is 2.59. The molecule has 0 bridgehead atoms. The zero-order valence-electron chi connectivity index (χ0n) is 17.2. The lowest BCUT2D eigenvalue weighted by Crippen LogP contribution is -2.35. The first-order valence-electron chi connectivity index (χ1n) is 9.59.